The van der Waals surface area contributed by atoms with Crippen LogP contribution in [0.25, 0.3) is 0 Å². The molecule has 0 spiro atoms. The molecule has 0 radical (unpaired) electrons. The molecule has 23 heavy (non-hydrogen) atoms. The molecule has 0 aliphatic rings. The third-order valence-corrected chi connectivity index (χ3v) is 3.33. The van der Waals surface area contributed by atoms with Crippen molar-refractivity contribution in [3.8, 4) is 0 Å². The fourth-order valence-electron chi connectivity index (χ4n) is 2.08. The molecule has 0 aromatic heterocycles. The van der Waals surface area contributed by atoms with Crippen molar-refractivity contribution in [1.29, 1.82) is 0 Å². The number of anilines is 1. The number of nitrogens with two attached hydrogens (primary N) is 1. The van der Waals surface area contributed by atoms with Crippen molar-refractivity contribution in [2.75, 3.05) is 25.5 Å². The number of nitrogen functional groups attached to an aromatic ring is 1. The summed E-state index contributed by atoms with van der Waals surface area (Å²) in [6.07, 6.45) is 1.61. The highest BCUT2D eigenvalue weighted by Crippen LogP contribution is 2.05. The molecule has 0 aliphatic heterocycles. The molecule has 0 fully saturated rings. The summed E-state index contributed by atoms with van der Waals surface area (Å²) >= 11 is 0. The lowest BCUT2D eigenvalue weighted by molar-refractivity contribution is -0.125. The lowest BCUT2D eigenvalue weighted by atomic mass is 10.1. The molecule has 5 heteroatoms. The zero-order chi connectivity index (χ0) is 15.6. The van der Waals surface area contributed by atoms with Crippen molar-refractivity contribution in [2.45, 2.75) is 12.8 Å². The van der Waals surface area contributed by atoms with Gasteiger partial charge in [-0.3, -0.25) is 4.79 Å². The Morgan fingerprint density at radius 3 is 2.30 bits per heavy atom. The van der Waals surface area contributed by atoms with Gasteiger partial charge in [-0.2, -0.15) is 0 Å². The first-order chi connectivity index (χ1) is 10.7. The van der Waals surface area contributed by atoms with E-state index in [-0.39, 0.29) is 24.9 Å². The van der Waals surface area contributed by atoms with E-state index in [1.807, 2.05) is 42.5 Å². The fraction of sp³-hybridized carbons (Fsp3) is 0.278. The average molecular weight is 335 g/mol. The van der Waals surface area contributed by atoms with Gasteiger partial charge in [-0.15, -0.1) is 12.4 Å². The monoisotopic (exact) mass is 334 g/mol. The van der Waals surface area contributed by atoms with Gasteiger partial charge in [-0.05, 0) is 36.1 Å². The quantitative estimate of drug-likeness (QED) is 0.576. The van der Waals surface area contributed by atoms with Gasteiger partial charge in [-0.1, -0.05) is 42.5 Å². The molecule has 0 atom stereocenters. The maximum Gasteiger partial charge on any atom is 0.246 e. The minimum absolute atomic E-state index is 0. The van der Waals surface area contributed by atoms with E-state index in [0.29, 0.717) is 13.2 Å². The first-order valence-corrected chi connectivity index (χ1v) is 7.47. The summed E-state index contributed by atoms with van der Waals surface area (Å²) < 4.78 is 5.39. The number of hydrogen-bond donors (Lipinski definition) is 2. The Balaban J connectivity index is 0.00000264. The number of benzene rings is 2. The van der Waals surface area contributed by atoms with Gasteiger partial charge in [0.1, 0.15) is 6.61 Å². The molecule has 2 aromatic rings. The highest BCUT2D eigenvalue weighted by molar-refractivity contribution is 5.85. The van der Waals surface area contributed by atoms with Crippen LogP contribution in [0.5, 0.6) is 0 Å². The van der Waals surface area contributed by atoms with E-state index in [2.05, 4.69) is 17.4 Å². The molecule has 1 amide bonds. The van der Waals surface area contributed by atoms with Crippen molar-refractivity contribution in [1.82, 2.24) is 5.32 Å². The largest absolute Gasteiger partial charge is 0.399 e. The van der Waals surface area contributed by atoms with Crippen LogP contribution in [0.4, 0.5) is 5.69 Å². The van der Waals surface area contributed by atoms with Crippen molar-refractivity contribution < 1.29 is 9.53 Å². The first kappa shape index (κ1) is 19.0. The van der Waals surface area contributed by atoms with Gasteiger partial charge in [0.15, 0.2) is 0 Å². The van der Waals surface area contributed by atoms with E-state index >= 15 is 0 Å². The maximum absolute atomic E-state index is 11.6. The summed E-state index contributed by atoms with van der Waals surface area (Å²) in [7, 11) is 0. The van der Waals surface area contributed by atoms with E-state index in [1.54, 1.807) is 0 Å². The van der Waals surface area contributed by atoms with E-state index < -0.39 is 0 Å². The van der Waals surface area contributed by atoms with Gasteiger partial charge in [0.2, 0.25) is 5.91 Å². The van der Waals surface area contributed by atoms with Crippen LogP contribution in [0, 0.1) is 0 Å². The smallest absolute Gasteiger partial charge is 0.246 e. The van der Waals surface area contributed by atoms with Crippen LogP contribution in [0.15, 0.2) is 54.6 Å². The Hall–Kier alpha value is -2.04. The number of ether oxygens (including phenoxy) is 1. The molecule has 0 saturated heterocycles. The second kappa shape index (κ2) is 10.6. The van der Waals surface area contributed by atoms with Crippen molar-refractivity contribution in [2.24, 2.45) is 0 Å². The van der Waals surface area contributed by atoms with Gasteiger partial charge in [0.05, 0.1) is 6.61 Å². The van der Waals surface area contributed by atoms with E-state index in [4.69, 9.17) is 10.5 Å². The normalized spacial score (nSPS) is 9.91. The molecule has 2 aromatic carbocycles. The summed E-state index contributed by atoms with van der Waals surface area (Å²) in [4.78, 5) is 11.6. The van der Waals surface area contributed by atoms with Gasteiger partial charge >= 0.3 is 0 Å². The summed E-state index contributed by atoms with van der Waals surface area (Å²) in [5.41, 5.74) is 8.74. The van der Waals surface area contributed by atoms with Gasteiger partial charge in [0, 0.05) is 12.2 Å². The number of amides is 1. The fourth-order valence-corrected chi connectivity index (χ4v) is 2.08. The Bertz CT molecular complexity index is 573. The average Bonchev–Trinajstić information content (AvgIpc) is 2.54. The number of hydrogen-bond acceptors (Lipinski definition) is 3. The van der Waals surface area contributed by atoms with Crippen LogP contribution in [-0.4, -0.2) is 25.7 Å². The van der Waals surface area contributed by atoms with E-state index in [1.165, 1.54) is 5.56 Å². The van der Waals surface area contributed by atoms with Crippen LogP contribution in [0.1, 0.15) is 11.1 Å². The molecule has 3 N–H and O–H groups in total. The van der Waals surface area contributed by atoms with Gasteiger partial charge in [-0.25, -0.2) is 0 Å². The zero-order valence-corrected chi connectivity index (χ0v) is 13.9. The van der Waals surface area contributed by atoms with Crippen molar-refractivity contribution >= 4 is 24.0 Å². The first-order valence-electron chi connectivity index (χ1n) is 7.47. The predicted octanol–water partition coefficient (Wildman–Crippen LogP) is 2.61. The molecule has 0 aliphatic carbocycles. The number of halogens is 1. The topological polar surface area (TPSA) is 64.3 Å². The molecule has 4 nitrogen and oxygen atoms in total. The second-order valence-corrected chi connectivity index (χ2v) is 5.13. The Labute approximate surface area is 143 Å². The number of carbonyl (C=O) groups excluding carboxylic acids is 1. The summed E-state index contributed by atoms with van der Waals surface area (Å²) in [5.74, 6) is -0.0801. The number of carbonyl (C=O) groups is 1. The SMILES string of the molecule is Cl.Nc1ccc(CCNC(=O)COCCc2ccccc2)cc1. The maximum atomic E-state index is 11.6. The lowest BCUT2D eigenvalue weighted by Crippen LogP contribution is -2.29. The summed E-state index contributed by atoms with van der Waals surface area (Å²) in [5, 5.41) is 2.85. The number of rotatable bonds is 8. The van der Waals surface area contributed by atoms with Crippen LogP contribution in [0.3, 0.4) is 0 Å². The molecule has 0 saturated carbocycles. The lowest BCUT2D eigenvalue weighted by Gasteiger charge is -2.07. The predicted molar refractivity (Wildman–Crippen MR) is 95.8 cm³/mol. The zero-order valence-electron chi connectivity index (χ0n) is 13.0. The molecule has 2 rings (SSSR count). The third-order valence-electron chi connectivity index (χ3n) is 3.33. The van der Waals surface area contributed by atoms with Crippen molar-refractivity contribution in [3.05, 3.63) is 65.7 Å². The Kier molecular flexibility index (Phi) is 8.80. The molecule has 0 unspecified atom stereocenters. The van der Waals surface area contributed by atoms with Crippen LogP contribution < -0.4 is 11.1 Å². The van der Waals surface area contributed by atoms with E-state index in [0.717, 1.165) is 24.1 Å². The van der Waals surface area contributed by atoms with Gasteiger partial charge < -0.3 is 15.8 Å². The van der Waals surface area contributed by atoms with Crippen LogP contribution in [-0.2, 0) is 22.4 Å². The minimum atomic E-state index is -0.0801. The minimum Gasteiger partial charge on any atom is -0.399 e. The van der Waals surface area contributed by atoms with Crippen LogP contribution >= 0.6 is 12.4 Å². The summed E-state index contributed by atoms with van der Waals surface area (Å²) in [6, 6.07) is 17.8. The molecular formula is C18H23ClN2O2. The van der Waals surface area contributed by atoms with Gasteiger partial charge in [0.25, 0.3) is 0 Å². The highest BCUT2D eigenvalue weighted by Gasteiger charge is 2.01. The van der Waals surface area contributed by atoms with E-state index in [9.17, 15) is 4.79 Å². The molecule has 0 heterocycles. The Morgan fingerprint density at radius 2 is 1.61 bits per heavy atom. The number of nitrogens with one attached hydrogen (secondary N) is 1. The Morgan fingerprint density at radius 1 is 0.957 bits per heavy atom. The van der Waals surface area contributed by atoms with Crippen LogP contribution in [0.2, 0.25) is 0 Å². The van der Waals surface area contributed by atoms with Crippen molar-refractivity contribution in [3.63, 3.8) is 0 Å². The molecular weight excluding hydrogens is 312 g/mol. The summed E-state index contributed by atoms with van der Waals surface area (Å²) in [6.45, 7) is 1.26. The third kappa shape index (κ3) is 7.68. The second-order valence-electron chi connectivity index (χ2n) is 5.13. The highest BCUT2D eigenvalue weighted by atomic mass is 35.5. The molecule has 124 valence electrons. The molecule has 0 bridgehead atoms. The standard InChI is InChI=1S/C18H22N2O2.ClH/c19-17-8-6-16(7-9-17)10-12-20-18(21)14-22-13-11-15-4-2-1-3-5-15;/h1-9H,10-14,19H2,(H,20,21);1H.